The van der Waals surface area contributed by atoms with Crippen LogP contribution >= 0.6 is 0 Å². The summed E-state index contributed by atoms with van der Waals surface area (Å²) in [7, 11) is -2.48. The standard InChI is InChI=1S/C35H30N4O3S/c1-3-28-29-14-7-9-16-31(29)38(37-23-11-22-36-24-37)35(28)33-30-15-8-10-17-32(30)39(34(33)25-12-5-4-6-13-25)43(40,41)27-20-18-26(42-2)19-21-27/h4-23H,3,24H2,1-2H3. The topological polar surface area (TPSA) is 68.8 Å². The third-order valence-corrected chi connectivity index (χ3v) is 9.68. The first kappa shape index (κ1) is 26.8. The van der Waals surface area contributed by atoms with Gasteiger partial charge >= 0.3 is 0 Å². The average molecular weight is 587 g/mol. The maximum absolute atomic E-state index is 14.7. The molecule has 0 atom stereocenters. The largest absolute Gasteiger partial charge is 0.497 e. The number of ether oxygens (including phenoxy) is 1. The van der Waals surface area contributed by atoms with E-state index in [9.17, 15) is 8.42 Å². The number of aliphatic imine (C=N–C) groups is 1. The fourth-order valence-electron chi connectivity index (χ4n) is 6.09. The number of benzene rings is 4. The summed E-state index contributed by atoms with van der Waals surface area (Å²) < 4.78 is 38.4. The van der Waals surface area contributed by atoms with E-state index in [1.807, 2.05) is 72.9 Å². The molecule has 0 saturated carbocycles. The molecule has 1 aliphatic heterocycles. The second-order valence-corrected chi connectivity index (χ2v) is 12.1. The van der Waals surface area contributed by atoms with Gasteiger partial charge in [-0.05, 0) is 60.0 Å². The van der Waals surface area contributed by atoms with Gasteiger partial charge in [-0.1, -0.05) is 73.7 Å². The molecule has 8 heteroatoms. The molecule has 7 rings (SSSR count). The van der Waals surface area contributed by atoms with Crippen molar-refractivity contribution in [2.45, 2.75) is 18.2 Å². The molecule has 3 heterocycles. The van der Waals surface area contributed by atoms with Crippen LogP contribution in [0.2, 0.25) is 0 Å². The Morgan fingerprint density at radius 1 is 0.791 bits per heavy atom. The van der Waals surface area contributed by atoms with Crippen molar-refractivity contribution in [2.75, 3.05) is 18.8 Å². The van der Waals surface area contributed by atoms with Crippen molar-refractivity contribution in [1.82, 2.24) is 8.65 Å². The van der Waals surface area contributed by atoms with E-state index in [1.54, 1.807) is 37.6 Å². The Hall–Kier alpha value is -5.08. The number of hydrogen-bond donors (Lipinski definition) is 0. The molecule has 43 heavy (non-hydrogen) atoms. The summed E-state index contributed by atoms with van der Waals surface area (Å²) in [6, 6.07) is 32.4. The zero-order valence-electron chi connectivity index (χ0n) is 23.9. The molecule has 0 radical (unpaired) electrons. The molecule has 2 aromatic heterocycles. The highest BCUT2D eigenvalue weighted by atomic mass is 32.2. The highest BCUT2D eigenvalue weighted by Crippen LogP contribution is 2.46. The first-order valence-electron chi connectivity index (χ1n) is 14.2. The fraction of sp³-hybridized carbons (Fsp3) is 0.114. The number of fused-ring (bicyclic) bond motifs is 2. The van der Waals surface area contributed by atoms with Gasteiger partial charge in [0.25, 0.3) is 10.0 Å². The van der Waals surface area contributed by atoms with Gasteiger partial charge in [0.1, 0.15) is 12.4 Å². The van der Waals surface area contributed by atoms with Crippen LogP contribution in [0.25, 0.3) is 44.3 Å². The summed E-state index contributed by atoms with van der Waals surface area (Å²) in [6.45, 7) is 2.59. The normalized spacial score (nSPS) is 13.3. The molecule has 0 amide bonds. The number of allylic oxidation sites excluding steroid dienone is 1. The predicted molar refractivity (Wildman–Crippen MR) is 174 cm³/mol. The van der Waals surface area contributed by atoms with Gasteiger partial charge in [0.05, 0.1) is 34.4 Å². The lowest BCUT2D eigenvalue weighted by molar-refractivity contribution is 0.414. The van der Waals surface area contributed by atoms with E-state index in [0.29, 0.717) is 23.6 Å². The molecule has 0 spiro atoms. The van der Waals surface area contributed by atoms with Crippen molar-refractivity contribution in [2.24, 2.45) is 4.99 Å². The molecule has 0 saturated heterocycles. The van der Waals surface area contributed by atoms with E-state index in [4.69, 9.17) is 4.74 Å². The Labute approximate surface area is 250 Å². The zero-order chi connectivity index (χ0) is 29.6. The van der Waals surface area contributed by atoms with Crippen molar-refractivity contribution < 1.29 is 13.2 Å². The van der Waals surface area contributed by atoms with Gasteiger partial charge in [0, 0.05) is 28.8 Å². The van der Waals surface area contributed by atoms with E-state index < -0.39 is 10.0 Å². The van der Waals surface area contributed by atoms with Gasteiger partial charge in [-0.25, -0.2) is 12.4 Å². The van der Waals surface area contributed by atoms with Gasteiger partial charge in [-0.2, -0.15) is 0 Å². The fourth-order valence-corrected chi connectivity index (χ4v) is 7.64. The van der Waals surface area contributed by atoms with E-state index in [1.165, 1.54) is 3.97 Å². The van der Waals surface area contributed by atoms with Crippen molar-refractivity contribution in [3.8, 4) is 28.3 Å². The van der Waals surface area contributed by atoms with Gasteiger partial charge in [-0.3, -0.25) is 14.7 Å². The molecule has 1 aliphatic rings. The van der Waals surface area contributed by atoms with Crippen LogP contribution in [0, 0.1) is 0 Å². The third kappa shape index (κ3) is 4.25. The van der Waals surface area contributed by atoms with Crippen molar-refractivity contribution >= 4 is 38.0 Å². The number of para-hydroxylation sites is 2. The second-order valence-electron chi connectivity index (χ2n) is 10.3. The molecule has 214 valence electrons. The number of aromatic nitrogens is 2. The first-order valence-corrected chi connectivity index (χ1v) is 15.6. The van der Waals surface area contributed by atoms with Gasteiger partial charge in [0.15, 0.2) is 0 Å². The summed E-state index contributed by atoms with van der Waals surface area (Å²) in [6.07, 6.45) is 6.48. The van der Waals surface area contributed by atoms with Crippen LogP contribution in [0.4, 0.5) is 0 Å². The highest BCUT2D eigenvalue weighted by molar-refractivity contribution is 7.90. The summed E-state index contributed by atoms with van der Waals surface area (Å²) in [4.78, 5) is 4.72. The van der Waals surface area contributed by atoms with Crippen molar-refractivity contribution in [3.05, 3.63) is 121 Å². The minimum atomic E-state index is -4.04. The lowest BCUT2D eigenvalue weighted by atomic mass is 9.98. The van der Waals surface area contributed by atoms with Gasteiger partial charge in [-0.15, -0.1) is 0 Å². The minimum Gasteiger partial charge on any atom is -0.497 e. The molecule has 7 nitrogen and oxygen atoms in total. The second kappa shape index (κ2) is 10.6. The van der Waals surface area contributed by atoms with Gasteiger partial charge < -0.3 is 4.74 Å². The van der Waals surface area contributed by atoms with Crippen molar-refractivity contribution in [3.63, 3.8) is 0 Å². The van der Waals surface area contributed by atoms with Gasteiger partial charge in [0.2, 0.25) is 0 Å². The number of aryl methyl sites for hydroxylation is 1. The van der Waals surface area contributed by atoms with Crippen LogP contribution in [0.3, 0.4) is 0 Å². The number of methoxy groups -OCH3 is 1. The molecule has 0 aliphatic carbocycles. The molecule has 0 bridgehead atoms. The Morgan fingerprint density at radius 2 is 1.47 bits per heavy atom. The SMILES string of the molecule is CCc1c(-c2c(-c3ccccc3)n(S(=O)(=O)c3ccc(OC)cc3)c3ccccc23)n(N2C=CC=NC2)c2ccccc12. The summed E-state index contributed by atoms with van der Waals surface area (Å²) in [5, 5.41) is 4.05. The van der Waals surface area contributed by atoms with E-state index in [-0.39, 0.29) is 4.90 Å². The highest BCUT2D eigenvalue weighted by Gasteiger charge is 2.32. The van der Waals surface area contributed by atoms with Crippen LogP contribution in [0.1, 0.15) is 12.5 Å². The lowest BCUT2D eigenvalue weighted by Crippen LogP contribution is -2.31. The Morgan fingerprint density at radius 3 is 2.14 bits per heavy atom. The van der Waals surface area contributed by atoms with Crippen LogP contribution in [-0.4, -0.2) is 37.1 Å². The molecule has 0 unspecified atom stereocenters. The number of hydrogen-bond acceptors (Lipinski definition) is 5. The summed E-state index contributed by atoms with van der Waals surface area (Å²) in [5.74, 6) is 0.592. The maximum Gasteiger partial charge on any atom is 0.268 e. The molecule has 0 fully saturated rings. The van der Waals surface area contributed by atoms with Crippen molar-refractivity contribution in [1.29, 1.82) is 0 Å². The third-order valence-electron chi connectivity index (χ3n) is 7.96. The van der Waals surface area contributed by atoms with E-state index in [0.717, 1.165) is 45.1 Å². The quantitative estimate of drug-likeness (QED) is 0.198. The lowest BCUT2D eigenvalue weighted by Gasteiger charge is -2.26. The van der Waals surface area contributed by atoms with E-state index in [2.05, 4.69) is 39.8 Å². The summed E-state index contributed by atoms with van der Waals surface area (Å²) >= 11 is 0. The van der Waals surface area contributed by atoms with E-state index >= 15 is 0 Å². The minimum absolute atomic E-state index is 0.183. The van der Waals surface area contributed by atoms with Crippen LogP contribution in [0.5, 0.6) is 5.75 Å². The Balaban J connectivity index is 1.66. The molecular formula is C35H30N4O3S. The predicted octanol–water partition coefficient (Wildman–Crippen LogP) is 7.23. The Bertz CT molecular complexity index is 2140. The Kier molecular flexibility index (Phi) is 6.63. The number of nitrogens with zero attached hydrogens (tertiary/aromatic N) is 4. The monoisotopic (exact) mass is 586 g/mol. The molecule has 0 N–H and O–H groups in total. The van der Waals surface area contributed by atoms with Crippen LogP contribution in [0.15, 0.2) is 125 Å². The zero-order valence-corrected chi connectivity index (χ0v) is 24.7. The molecule has 6 aromatic rings. The van der Waals surface area contributed by atoms with Crippen LogP contribution in [-0.2, 0) is 16.4 Å². The summed E-state index contributed by atoms with van der Waals surface area (Å²) in [5.41, 5.74) is 6.00. The van der Waals surface area contributed by atoms with Crippen LogP contribution < -0.4 is 9.75 Å². The maximum atomic E-state index is 14.7. The average Bonchev–Trinajstić information content (AvgIpc) is 3.58. The smallest absolute Gasteiger partial charge is 0.268 e. The molecular weight excluding hydrogens is 556 g/mol. The molecule has 4 aromatic carbocycles. The number of rotatable bonds is 7. The first-order chi connectivity index (χ1) is 21.0.